The van der Waals surface area contributed by atoms with E-state index in [4.69, 9.17) is 6.85 Å². The summed E-state index contributed by atoms with van der Waals surface area (Å²) in [6, 6.07) is -2.46. The van der Waals surface area contributed by atoms with Gasteiger partial charge in [0.15, 0.2) is 0 Å². The molecule has 0 fully saturated rings. The highest BCUT2D eigenvalue weighted by atomic mass is 32.1. The van der Waals surface area contributed by atoms with Crippen molar-refractivity contribution in [3.8, 4) is 0 Å². The summed E-state index contributed by atoms with van der Waals surface area (Å²) >= 11 is 0. The zero-order valence-corrected chi connectivity index (χ0v) is 9.26. The van der Waals surface area contributed by atoms with Crippen LogP contribution in [-0.4, -0.2) is 36.6 Å². The third kappa shape index (κ3) is 6.78. The number of hydrogen-bond donors (Lipinski definition) is 0. The predicted molar refractivity (Wildman–Crippen MR) is 58.5 cm³/mol. The Morgan fingerprint density at radius 2 is 1.92 bits per heavy atom. The van der Waals surface area contributed by atoms with Crippen LogP contribution in [0.2, 0.25) is 0 Å². The van der Waals surface area contributed by atoms with Crippen molar-refractivity contribution in [3.05, 3.63) is 0 Å². The van der Waals surface area contributed by atoms with E-state index in [2.05, 4.69) is 0 Å². The molecule has 0 bridgehead atoms. The maximum atomic E-state index is 11.5. The monoisotopic (exact) mass is 210 g/mol. The number of carbonyl (C=O) groups is 2. The maximum absolute atomic E-state index is 11.5. The zero-order valence-electron chi connectivity index (χ0n) is 13.3. The molecular weight excluding hydrogens is 186 g/mol. The molecule has 0 spiro atoms. The van der Waals surface area contributed by atoms with E-state index >= 15 is 0 Å². The summed E-state index contributed by atoms with van der Waals surface area (Å²) in [5.41, 5.74) is 0. The summed E-state index contributed by atoms with van der Waals surface area (Å²) in [7, 11) is 2.59. The van der Waals surface area contributed by atoms with Gasteiger partial charge in [0.2, 0.25) is 0 Å². The molecule has 0 radical (unpaired) electrons. The first-order chi connectivity index (χ1) is 7.33. The first kappa shape index (κ1) is 7.01. The van der Waals surface area contributed by atoms with Crippen LogP contribution in [0.25, 0.3) is 0 Å². The maximum Gasteiger partial charge on any atom is 0.146 e. The van der Waals surface area contributed by atoms with Crippen molar-refractivity contribution in [3.63, 3.8) is 0 Å². The lowest BCUT2D eigenvalue weighted by Gasteiger charge is -2.20. The molecule has 0 heterocycles. The van der Waals surface area contributed by atoms with Crippen molar-refractivity contribution in [2.75, 3.05) is 14.1 Å². The minimum absolute atomic E-state index is 0. The quantitative estimate of drug-likeness (QED) is 0.679. The summed E-state index contributed by atoms with van der Waals surface area (Å²) in [6.45, 7) is 1.90. The Labute approximate surface area is 94.0 Å². The molecule has 0 saturated carbocycles. The van der Waals surface area contributed by atoms with Crippen molar-refractivity contribution in [1.29, 1.82) is 0 Å². The topological polar surface area (TPSA) is 37.4 Å². The number of Topliss-reactive ketones (excluding diaryl/α,β-unsaturated/α-hetero) is 2. The van der Waals surface area contributed by atoms with Gasteiger partial charge in [-0.3, -0.25) is 9.69 Å². The van der Waals surface area contributed by atoms with E-state index in [1.807, 2.05) is 0 Å². The Morgan fingerprint density at radius 1 is 1.46 bits per heavy atom. The molecule has 0 N–H and O–H groups in total. The van der Waals surface area contributed by atoms with Crippen LogP contribution >= 0.6 is 13.5 Å². The first-order valence-corrected chi connectivity index (χ1v) is 3.53. The number of likely N-dealkylation sites (N-methyl/N-ethyl adjacent to an activating group) is 1. The lowest BCUT2D eigenvalue weighted by Crippen LogP contribution is -2.34. The highest BCUT2D eigenvalue weighted by Crippen LogP contribution is 2.04. The third-order valence-corrected chi connectivity index (χ3v) is 1.14. The van der Waals surface area contributed by atoms with Crippen LogP contribution < -0.4 is 0 Å². The Kier molecular flexibility index (Phi) is 3.82. The molecule has 78 valence electrons. The fourth-order valence-corrected chi connectivity index (χ4v) is 0.662. The molecule has 3 nitrogen and oxygen atoms in total. The molecule has 0 aliphatic carbocycles. The van der Waals surface area contributed by atoms with Gasteiger partial charge in [0.25, 0.3) is 0 Å². The van der Waals surface area contributed by atoms with Crippen molar-refractivity contribution in [1.82, 2.24) is 4.90 Å². The smallest absolute Gasteiger partial charge is 0.146 e. The van der Waals surface area contributed by atoms with Gasteiger partial charge in [0.05, 0.1) is 7.39 Å². The summed E-state index contributed by atoms with van der Waals surface area (Å²) in [6.07, 6.45) is -5.87. The van der Waals surface area contributed by atoms with Gasteiger partial charge < -0.3 is 4.79 Å². The van der Waals surface area contributed by atoms with E-state index in [1.54, 1.807) is 0 Å². The Balaban J connectivity index is 0. The van der Waals surface area contributed by atoms with E-state index < -0.39 is 30.3 Å². The average Bonchev–Trinajstić information content (AvgIpc) is 2.14. The van der Waals surface area contributed by atoms with Crippen LogP contribution in [0.4, 0.5) is 0 Å². The van der Waals surface area contributed by atoms with E-state index in [0.29, 0.717) is 0 Å². The summed E-state index contributed by atoms with van der Waals surface area (Å²) in [4.78, 5) is 23.6. The molecule has 0 unspecified atom stereocenters. The fraction of sp³-hybridized carbons (Fsp3) is 0.778. The van der Waals surface area contributed by atoms with E-state index in [9.17, 15) is 9.59 Å². The Bertz CT molecular complexity index is 348. The molecule has 0 aromatic rings. The van der Waals surface area contributed by atoms with Crippen LogP contribution in [0, 0.1) is 0 Å². The number of rotatable bonds is 5. The normalized spacial score (nSPS) is 22.4. The molecule has 0 aliphatic heterocycles. The second-order valence-electron chi connectivity index (χ2n) is 2.61. The average molecular weight is 210 g/mol. The van der Waals surface area contributed by atoms with Crippen LogP contribution in [0.3, 0.4) is 0 Å². The number of hydrogen-bond acceptors (Lipinski definition) is 3. The van der Waals surface area contributed by atoms with Gasteiger partial charge in [-0.15, -0.1) is 0 Å². The number of carbonyl (C=O) groups excluding carboxylic acids is 2. The van der Waals surface area contributed by atoms with E-state index in [1.165, 1.54) is 14.1 Å². The van der Waals surface area contributed by atoms with Crippen LogP contribution in [0.15, 0.2) is 0 Å². The summed E-state index contributed by atoms with van der Waals surface area (Å²) < 4.78 is 38.2. The Morgan fingerprint density at radius 3 is 2.15 bits per heavy atom. The van der Waals surface area contributed by atoms with Gasteiger partial charge in [0, 0.05) is 11.9 Å². The molecular formula is C9H19NO2S. The number of nitrogens with zero attached hydrogens (tertiary/aromatic N) is 1. The SMILES string of the molecule is S.[2H]C([2H])(C(C)=O)C([2H])([2H])[C@@]([2H])(C(C)=O)N(C)C. The molecule has 0 amide bonds. The van der Waals surface area contributed by atoms with Crippen molar-refractivity contribution in [2.24, 2.45) is 0 Å². The highest BCUT2D eigenvalue weighted by Gasteiger charge is 2.16. The molecule has 0 aliphatic rings. The van der Waals surface area contributed by atoms with Gasteiger partial charge in [0.1, 0.15) is 11.6 Å². The molecule has 0 rings (SSSR count). The lowest BCUT2D eigenvalue weighted by atomic mass is 10.1. The molecule has 0 aromatic carbocycles. The predicted octanol–water partition coefficient (Wildman–Crippen LogP) is 0.988. The zero-order chi connectivity index (χ0) is 14.2. The van der Waals surface area contributed by atoms with E-state index in [-0.39, 0.29) is 13.5 Å². The molecule has 0 saturated heterocycles. The summed E-state index contributed by atoms with van der Waals surface area (Å²) in [5.74, 6) is -1.92. The van der Waals surface area contributed by atoms with Gasteiger partial charge >= 0.3 is 0 Å². The fourth-order valence-electron chi connectivity index (χ4n) is 0.662. The second-order valence-corrected chi connectivity index (χ2v) is 2.61. The van der Waals surface area contributed by atoms with Crippen molar-refractivity contribution >= 4 is 25.1 Å². The van der Waals surface area contributed by atoms with Gasteiger partial charge in [-0.25, -0.2) is 0 Å². The lowest BCUT2D eigenvalue weighted by molar-refractivity contribution is -0.122. The van der Waals surface area contributed by atoms with Gasteiger partial charge in [-0.2, -0.15) is 13.5 Å². The number of ketones is 2. The van der Waals surface area contributed by atoms with Crippen LogP contribution in [-0.2, 0) is 9.59 Å². The van der Waals surface area contributed by atoms with Crippen molar-refractivity contribution in [2.45, 2.75) is 32.6 Å². The third-order valence-electron chi connectivity index (χ3n) is 1.14. The Hall–Kier alpha value is -0.350. The summed E-state index contributed by atoms with van der Waals surface area (Å²) in [5, 5.41) is 0. The van der Waals surface area contributed by atoms with Crippen LogP contribution in [0.1, 0.15) is 33.4 Å². The highest BCUT2D eigenvalue weighted by molar-refractivity contribution is 7.59. The van der Waals surface area contributed by atoms with Gasteiger partial charge in [-0.05, 0) is 34.3 Å². The molecule has 0 aromatic heterocycles. The molecule has 1 atom stereocenters. The first-order valence-electron chi connectivity index (χ1n) is 6.03. The molecule has 13 heavy (non-hydrogen) atoms. The minimum Gasteiger partial charge on any atom is -0.300 e. The van der Waals surface area contributed by atoms with Crippen molar-refractivity contribution < 1.29 is 16.4 Å². The standard InChI is InChI=1S/C9H17NO2.H2S/c1-7(11)5-6-9(8(2)12)10(3)4;/h9H,5-6H2,1-4H3;1H2/t9-;/m0./s1/i5D2,6D2,9D;. The van der Waals surface area contributed by atoms with E-state index in [0.717, 1.165) is 18.7 Å². The molecule has 4 heteroatoms. The minimum atomic E-state index is -2.96. The van der Waals surface area contributed by atoms with Gasteiger partial charge in [-0.1, -0.05) is 0 Å². The largest absolute Gasteiger partial charge is 0.300 e. The van der Waals surface area contributed by atoms with Crippen LogP contribution in [0.5, 0.6) is 0 Å². The second kappa shape index (κ2) is 7.09.